The third-order valence-corrected chi connectivity index (χ3v) is 5.47. The first kappa shape index (κ1) is 19.9. The molecular formula is C24H26N4O2. The molecule has 0 aliphatic heterocycles. The Morgan fingerprint density at radius 1 is 1.10 bits per heavy atom. The molecule has 0 radical (unpaired) electrons. The minimum Gasteiger partial charge on any atom is -0.462 e. The van der Waals surface area contributed by atoms with Gasteiger partial charge in [-0.1, -0.05) is 51.5 Å². The van der Waals surface area contributed by atoms with Crippen LogP contribution in [-0.2, 0) is 11.2 Å². The number of anilines is 1. The molecule has 0 aliphatic carbocycles. The van der Waals surface area contributed by atoms with Crippen LogP contribution in [0.5, 0.6) is 0 Å². The van der Waals surface area contributed by atoms with Crippen molar-refractivity contribution in [2.75, 3.05) is 12.3 Å². The van der Waals surface area contributed by atoms with Gasteiger partial charge in [0, 0.05) is 5.69 Å². The molecule has 2 heterocycles. The van der Waals surface area contributed by atoms with Gasteiger partial charge in [0.05, 0.1) is 17.6 Å². The van der Waals surface area contributed by atoms with E-state index in [-0.39, 0.29) is 11.5 Å². The van der Waals surface area contributed by atoms with Gasteiger partial charge >= 0.3 is 5.97 Å². The van der Waals surface area contributed by atoms with E-state index in [1.807, 2.05) is 43.3 Å². The quantitative estimate of drug-likeness (QED) is 0.463. The molecule has 0 unspecified atom stereocenters. The van der Waals surface area contributed by atoms with Crippen molar-refractivity contribution in [1.29, 1.82) is 0 Å². The number of nitrogens with zero attached hydrogens (tertiary/aromatic N) is 3. The smallest absolute Gasteiger partial charge is 0.344 e. The van der Waals surface area contributed by atoms with Crippen molar-refractivity contribution in [1.82, 2.24) is 14.5 Å². The topological polar surface area (TPSA) is 83.0 Å². The number of esters is 1. The van der Waals surface area contributed by atoms with E-state index in [1.54, 1.807) is 4.57 Å². The van der Waals surface area contributed by atoms with Crippen LogP contribution in [-0.4, -0.2) is 27.1 Å². The summed E-state index contributed by atoms with van der Waals surface area (Å²) in [5, 5.41) is 0. The number of nitrogen functional groups attached to an aromatic ring is 1. The number of carbonyl (C=O) groups is 1. The number of carbonyl (C=O) groups excluding carboxylic acids is 1. The van der Waals surface area contributed by atoms with Crippen LogP contribution < -0.4 is 5.73 Å². The highest BCUT2D eigenvalue weighted by Crippen LogP contribution is 2.32. The van der Waals surface area contributed by atoms with E-state index in [9.17, 15) is 4.79 Å². The molecule has 2 aromatic carbocycles. The molecule has 0 saturated heterocycles. The van der Waals surface area contributed by atoms with Crippen LogP contribution in [0.2, 0.25) is 0 Å². The minimum absolute atomic E-state index is 0.272. The van der Waals surface area contributed by atoms with Crippen LogP contribution in [0.4, 0.5) is 5.82 Å². The summed E-state index contributed by atoms with van der Waals surface area (Å²) < 4.78 is 7.38. The molecule has 0 saturated carbocycles. The van der Waals surface area contributed by atoms with E-state index >= 15 is 0 Å². The van der Waals surface area contributed by atoms with E-state index in [4.69, 9.17) is 20.4 Å². The van der Waals surface area contributed by atoms with Crippen molar-refractivity contribution < 1.29 is 9.53 Å². The molecule has 0 bridgehead atoms. The minimum atomic E-state index is -0.465. The normalized spacial score (nSPS) is 12.4. The van der Waals surface area contributed by atoms with Crippen LogP contribution in [0, 0.1) is 5.92 Å². The van der Waals surface area contributed by atoms with Gasteiger partial charge in [-0.2, -0.15) is 0 Å². The lowest BCUT2D eigenvalue weighted by Crippen LogP contribution is -2.13. The molecule has 4 rings (SSSR count). The highest BCUT2D eigenvalue weighted by Gasteiger charge is 2.26. The zero-order valence-corrected chi connectivity index (χ0v) is 17.6. The Morgan fingerprint density at radius 3 is 2.53 bits per heavy atom. The molecule has 30 heavy (non-hydrogen) atoms. The summed E-state index contributed by atoms with van der Waals surface area (Å²) in [7, 11) is 0. The molecule has 0 amide bonds. The summed E-state index contributed by atoms with van der Waals surface area (Å²) in [4.78, 5) is 22.5. The summed E-state index contributed by atoms with van der Waals surface area (Å²) in [5.41, 5.74) is 11.3. The highest BCUT2D eigenvalue weighted by molar-refractivity contribution is 6.09. The molecule has 6 nitrogen and oxygen atoms in total. The zero-order chi connectivity index (χ0) is 21.3. The summed E-state index contributed by atoms with van der Waals surface area (Å²) >= 11 is 0. The third-order valence-electron chi connectivity index (χ3n) is 5.47. The molecule has 1 atom stereocenters. The van der Waals surface area contributed by atoms with Gasteiger partial charge < -0.3 is 10.5 Å². The number of aryl methyl sites for hydroxylation is 1. The number of aromatic nitrogens is 3. The fourth-order valence-corrected chi connectivity index (χ4v) is 3.45. The van der Waals surface area contributed by atoms with Crippen molar-refractivity contribution in [3.63, 3.8) is 0 Å². The van der Waals surface area contributed by atoms with Crippen molar-refractivity contribution in [2.24, 2.45) is 5.92 Å². The molecule has 2 aromatic heterocycles. The van der Waals surface area contributed by atoms with Crippen LogP contribution in [0.15, 0.2) is 48.5 Å². The number of hydrogen-bond donors (Lipinski definition) is 1. The van der Waals surface area contributed by atoms with Gasteiger partial charge in [0.2, 0.25) is 0 Å². The maximum absolute atomic E-state index is 13.0. The van der Waals surface area contributed by atoms with Gasteiger partial charge in [-0.15, -0.1) is 0 Å². The second-order valence-electron chi connectivity index (χ2n) is 7.62. The number of ether oxygens (including phenoxy) is 1. The maximum Gasteiger partial charge on any atom is 0.344 e. The van der Waals surface area contributed by atoms with Crippen molar-refractivity contribution in [3.05, 3.63) is 59.7 Å². The molecule has 0 spiro atoms. The molecule has 0 fully saturated rings. The van der Waals surface area contributed by atoms with E-state index in [1.165, 1.54) is 5.56 Å². The lowest BCUT2D eigenvalue weighted by molar-refractivity contribution is 0.0450. The van der Waals surface area contributed by atoms with Crippen molar-refractivity contribution in [3.8, 4) is 5.69 Å². The first-order valence-corrected chi connectivity index (χ1v) is 10.4. The van der Waals surface area contributed by atoms with Gasteiger partial charge in [-0.05, 0) is 42.2 Å². The maximum atomic E-state index is 13.0. The summed E-state index contributed by atoms with van der Waals surface area (Å²) in [6.45, 7) is 6.55. The van der Waals surface area contributed by atoms with Gasteiger partial charge in [0.15, 0.2) is 5.65 Å². The van der Waals surface area contributed by atoms with E-state index < -0.39 is 5.97 Å². The lowest BCUT2D eigenvalue weighted by Gasteiger charge is -2.10. The Kier molecular flexibility index (Phi) is 5.40. The lowest BCUT2D eigenvalue weighted by atomic mass is 10.1. The standard InChI is InChI=1S/C24H26N4O2/c1-4-15(3)14-30-24(29)20-21-23(27-19-12-7-6-11-18(19)26-21)28(22(20)25)17-10-8-9-16(5-2)13-17/h6-13,15H,4-5,14,25H2,1-3H3/t15-/m1/s1. The fraction of sp³-hybridized carbons (Fsp3) is 0.292. The van der Waals surface area contributed by atoms with Gasteiger partial charge in [-0.3, -0.25) is 4.57 Å². The highest BCUT2D eigenvalue weighted by atomic mass is 16.5. The second kappa shape index (κ2) is 8.14. The van der Waals surface area contributed by atoms with Crippen molar-refractivity contribution >= 4 is 34.0 Å². The van der Waals surface area contributed by atoms with Crippen LogP contribution >= 0.6 is 0 Å². The summed E-state index contributed by atoms with van der Waals surface area (Å²) in [6.07, 6.45) is 1.82. The number of hydrogen-bond acceptors (Lipinski definition) is 5. The Hall–Kier alpha value is -3.41. The predicted molar refractivity (Wildman–Crippen MR) is 120 cm³/mol. The van der Waals surface area contributed by atoms with E-state index in [0.717, 1.165) is 24.0 Å². The Bertz CT molecular complexity index is 1230. The first-order chi connectivity index (χ1) is 14.5. The summed E-state index contributed by atoms with van der Waals surface area (Å²) in [5.74, 6) is 0.104. The average Bonchev–Trinajstić information content (AvgIpc) is 3.06. The zero-order valence-electron chi connectivity index (χ0n) is 17.6. The Morgan fingerprint density at radius 2 is 1.83 bits per heavy atom. The largest absolute Gasteiger partial charge is 0.462 e. The number of rotatable bonds is 6. The number of para-hydroxylation sites is 2. The third kappa shape index (κ3) is 3.49. The number of fused-ring (bicyclic) bond motifs is 2. The number of benzene rings is 2. The van der Waals surface area contributed by atoms with E-state index in [0.29, 0.717) is 29.1 Å². The SMILES string of the molecule is CCc1cccc(-n2c(N)c(C(=O)OC[C@H](C)CC)c3nc4ccccc4nc32)c1. The molecule has 4 aromatic rings. The van der Waals surface area contributed by atoms with Crippen molar-refractivity contribution in [2.45, 2.75) is 33.6 Å². The molecule has 154 valence electrons. The van der Waals surface area contributed by atoms with E-state index in [2.05, 4.69) is 26.0 Å². The fourth-order valence-electron chi connectivity index (χ4n) is 3.45. The van der Waals surface area contributed by atoms with Crippen LogP contribution in [0.25, 0.3) is 27.9 Å². The first-order valence-electron chi connectivity index (χ1n) is 10.4. The molecular weight excluding hydrogens is 376 g/mol. The molecule has 0 aliphatic rings. The average molecular weight is 402 g/mol. The Labute approximate surface area is 175 Å². The van der Waals surface area contributed by atoms with Crippen LogP contribution in [0.3, 0.4) is 0 Å². The van der Waals surface area contributed by atoms with Gasteiger partial charge in [0.25, 0.3) is 0 Å². The Balaban J connectivity index is 1.95. The monoisotopic (exact) mass is 402 g/mol. The second-order valence-corrected chi connectivity index (χ2v) is 7.62. The van der Waals surface area contributed by atoms with Gasteiger partial charge in [-0.25, -0.2) is 14.8 Å². The van der Waals surface area contributed by atoms with Gasteiger partial charge in [0.1, 0.15) is 16.9 Å². The predicted octanol–water partition coefficient (Wildman–Crippen LogP) is 4.92. The van der Waals surface area contributed by atoms with Crippen LogP contribution in [0.1, 0.15) is 43.1 Å². The summed E-state index contributed by atoms with van der Waals surface area (Å²) in [6, 6.07) is 15.6. The number of nitrogens with two attached hydrogens (primary N) is 1. The molecule has 6 heteroatoms. The molecule has 2 N–H and O–H groups in total.